The fourth-order valence-corrected chi connectivity index (χ4v) is 1.63. The van der Waals surface area contributed by atoms with Gasteiger partial charge in [0.2, 0.25) is 0 Å². The summed E-state index contributed by atoms with van der Waals surface area (Å²) in [5.74, 6) is 0. The van der Waals surface area contributed by atoms with Gasteiger partial charge in [0, 0.05) is 13.3 Å². The van der Waals surface area contributed by atoms with Crippen molar-refractivity contribution >= 4 is 9.52 Å². The van der Waals surface area contributed by atoms with Crippen LogP contribution in [0, 0.1) is 0 Å². The minimum Gasteiger partial charge on any atom is -0.389 e. The quantitative estimate of drug-likeness (QED) is 0.412. The summed E-state index contributed by atoms with van der Waals surface area (Å²) in [5, 5.41) is 0. The summed E-state index contributed by atoms with van der Waals surface area (Å²) in [6.07, 6.45) is 2.32. The SMILES string of the molecule is COC[SiH]CCCN(C)C. The molecule has 0 aromatic rings. The van der Waals surface area contributed by atoms with Gasteiger partial charge in [0.25, 0.3) is 0 Å². The lowest BCUT2D eigenvalue weighted by atomic mass is 10.5. The van der Waals surface area contributed by atoms with Crippen LogP contribution in [0.1, 0.15) is 6.42 Å². The smallest absolute Gasteiger partial charge is 0.0617 e. The lowest BCUT2D eigenvalue weighted by molar-refractivity contribution is 0.251. The highest BCUT2D eigenvalue weighted by Crippen LogP contribution is 1.89. The Bertz CT molecular complexity index is 68.6. The van der Waals surface area contributed by atoms with E-state index < -0.39 is 0 Å². The van der Waals surface area contributed by atoms with Gasteiger partial charge in [-0.1, -0.05) is 6.04 Å². The molecule has 0 aliphatic heterocycles. The van der Waals surface area contributed by atoms with Crippen LogP contribution in [0.5, 0.6) is 0 Å². The van der Waals surface area contributed by atoms with E-state index in [1.807, 2.05) is 0 Å². The fraction of sp³-hybridized carbons (Fsp3) is 1.00. The lowest BCUT2D eigenvalue weighted by Gasteiger charge is -2.07. The van der Waals surface area contributed by atoms with Gasteiger partial charge in [-0.05, 0) is 27.1 Å². The van der Waals surface area contributed by atoms with Crippen molar-refractivity contribution in [1.82, 2.24) is 4.90 Å². The standard InChI is InChI=1S/C7H18NOSi/c1-8(2)5-4-6-10-7-9-3/h10H,4-7H2,1-3H3. The van der Waals surface area contributed by atoms with Gasteiger partial charge in [0.15, 0.2) is 0 Å². The van der Waals surface area contributed by atoms with Crippen LogP contribution < -0.4 is 0 Å². The van der Waals surface area contributed by atoms with Crippen molar-refractivity contribution in [3.63, 3.8) is 0 Å². The van der Waals surface area contributed by atoms with Crippen LogP contribution in [0.4, 0.5) is 0 Å². The monoisotopic (exact) mass is 160 g/mol. The van der Waals surface area contributed by atoms with E-state index in [1.165, 1.54) is 19.0 Å². The van der Waals surface area contributed by atoms with Gasteiger partial charge in [-0.15, -0.1) is 0 Å². The van der Waals surface area contributed by atoms with E-state index in [0.717, 1.165) is 6.23 Å². The van der Waals surface area contributed by atoms with E-state index in [2.05, 4.69) is 19.0 Å². The van der Waals surface area contributed by atoms with Gasteiger partial charge < -0.3 is 9.64 Å². The maximum absolute atomic E-state index is 4.97. The second-order valence-corrected chi connectivity index (χ2v) is 4.18. The van der Waals surface area contributed by atoms with Crippen molar-refractivity contribution in [2.75, 3.05) is 34.0 Å². The third kappa shape index (κ3) is 8.14. The topological polar surface area (TPSA) is 12.5 Å². The first-order valence-electron chi connectivity index (χ1n) is 3.72. The molecule has 0 aliphatic carbocycles. The molecule has 0 atom stereocenters. The van der Waals surface area contributed by atoms with E-state index >= 15 is 0 Å². The zero-order valence-electron chi connectivity index (χ0n) is 7.26. The Morgan fingerprint density at radius 3 is 2.60 bits per heavy atom. The largest absolute Gasteiger partial charge is 0.389 e. The van der Waals surface area contributed by atoms with Gasteiger partial charge in [0.1, 0.15) is 0 Å². The predicted molar refractivity (Wildman–Crippen MR) is 47.0 cm³/mol. The summed E-state index contributed by atoms with van der Waals surface area (Å²) in [6, 6.07) is 1.37. The molecule has 2 nitrogen and oxygen atoms in total. The Balaban J connectivity index is 2.77. The average Bonchev–Trinajstić information content (AvgIpc) is 1.87. The Morgan fingerprint density at radius 1 is 1.40 bits per heavy atom. The number of nitrogens with zero attached hydrogens (tertiary/aromatic N) is 1. The first-order valence-corrected chi connectivity index (χ1v) is 5.36. The van der Waals surface area contributed by atoms with E-state index in [9.17, 15) is 0 Å². The molecule has 3 heteroatoms. The molecule has 10 heavy (non-hydrogen) atoms. The number of methoxy groups -OCH3 is 1. The van der Waals surface area contributed by atoms with E-state index in [4.69, 9.17) is 4.74 Å². The van der Waals surface area contributed by atoms with Gasteiger partial charge >= 0.3 is 0 Å². The molecular weight excluding hydrogens is 142 g/mol. The molecular formula is C7H18NOSi. The average molecular weight is 160 g/mol. The van der Waals surface area contributed by atoms with Crippen LogP contribution in [0.25, 0.3) is 0 Å². The minimum atomic E-state index is 0.551. The second-order valence-electron chi connectivity index (χ2n) is 2.69. The van der Waals surface area contributed by atoms with Crippen LogP contribution in [0.15, 0.2) is 0 Å². The van der Waals surface area contributed by atoms with Crippen molar-refractivity contribution in [3.05, 3.63) is 0 Å². The molecule has 0 N–H and O–H groups in total. The van der Waals surface area contributed by atoms with Crippen molar-refractivity contribution in [2.45, 2.75) is 12.5 Å². The van der Waals surface area contributed by atoms with Crippen LogP contribution in [-0.2, 0) is 4.74 Å². The molecule has 61 valence electrons. The highest BCUT2D eigenvalue weighted by molar-refractivity contribution is 6.35. The minimum absolute atomic E-state index is 0.551. The summed E-state index contributed by atoms with van der Waals surface area (Å²) >= 11 is 0. The molecule has 0 aromatic carbocycles. The summed E-state index contributed by atoms with van der Waals surface area (Å²) in [7, 11) is 6.56. The van der Waals surface area contributed by atoms with Crippen molar-refractivity contribution in [1.29, 1.82) is 0 Å². The Hall–Kier alpha value is 0.137. The molecule has 0 aromatic heterocycles. The Morgan fingerprint density at radius 2 is 2.10 bits per heavy atom. The zero-order chi connectivity index (χ0) is 7.82. The molecule has 0 spiro atoms. The Labute approximate surface area is 66.4 Å². The normalized spacial score (nSPS) is 10.8. The van der Waals surface area contributed by atoms with Crippen molar-refractivity contribution in [2.24, 2.45) is 0 Å². The van der Waals surface area contributed by atoms with Crippen LogP contribution in [0.2, 0.25) is 6.04 Å². The van der Waals surface area contributed by atoms with Gasteiger partial charge in [-0.3, -0.25) is 0 Å². The number of rotatable bonds is 6. The summed E-state index contributed by atoms with van der Waals surface area (Å²) in [6.45, 7) is 1.22. The molecule has 0 bridgehead atoms. The maximum Gasteiger partial charge on any atom is 0.0617 e. The highest BCUT2D eigenvalue weighted by atomic mass is 28.2. The summed E-state index contributed by atoms with van der Waals surface area (Å²) < 4.78 is 4.97. The predicted octanol–water partition coefficient (Wildman–Crippen LogP) is 0.397. The molecule has 0 heterocycles. The molecule has 0 saturated heterocycles. The second kappa shape index (κ2) is 7.25. The summed E-state index contributed by atoms with van der Waals surface area (Å²) in [5.41, 5.74) is 0. The third-order valence-corrected chi connectivity index (χ3v) is 2.68. The molecule has 1 radical (unpaired) electrons. The molecule has 0 fully saturated rings. The first-order chi connectivity index (χ1) is 4.77. The Kier molecular flexibility index (Phi) is 7.35. The zero-order valence-corrected chi connectivity index (χ0v) is 8.42. The maximum atomic E-state index is 4.97. The van der Waals surface area contributed by atoms with Gasteiger partial charge in [-0.2, -0.15) is 0 Å². The number of ether oxygens (including phenoxy) is 1. The van der Waals surface area contributed by atoms with Crippen LogP contribution >= 0.6 is 0 Å². The van der Waals surface area contributed by atoms with Gasteiger partial charge in [0.05, 0.1) is 9.52 Å². The van der Waals surface area contributed by atoms with Crippen molar-refractivity contribution < 1.29 is 4.74 Å². The molecule has 0 amide bonds. The molecule has 0 saturated carbocycles. The van der Waals surface area contributed by atoms with Gasteiger partial charge in [-0.25, -0.2) is 0 Å². The molecule has 0 unspecified atom stereocenters. The van der Waals surface area contributed by atoms with E-state index in [1.54, 1.807) is 7.11 Å². The lowest BCUT2D eigenvalue weighted by Crippen LogP contribution is -2.14. The fourth-order valence-electron chi connectivity index (χ4n) is 0.753. The third-order valence-electron chi connectivity index (χ3n) is 1.30. The van der Waals surface area contributed by atoms with Crippen molar-refractivity contribution in [3.8, 4) is 0 Å². The highest BCUT2D eigenvalue weighted by Gasteiger charge is 1.90. The number of hydrogen-bond donors (Lipinski definition) is 0. The van der Waals surface area contributed by atoms with E-state index in [0.29, 0.717) is 9.52 Å². The molecule has 0 rings (SSSR count). The van der Waals surface area contributed by atoms with Crippen LogP contribution in [0.3, 0.4) is 0 Å². The summed E-state index contributed by atoms with van der Waals surface area (Å²) in [4.78, 5) is 2.23. The van der Waals surface area contributed by atoms with Crippen LogP contribution in [-0.4, -0.2) is 48.4 Å². The molecule has 0 aliphatic rings. The number of hydrogen-bond acceptors (Lipinski definition) is 2. The van der Waals surface area contributed by atoms with E-state index in [-0.39, 0.29) is 0 Å². The first kappa shape index (κ1) is 10.1.